The maximum Gasteiger partial charge on any atom is 0.251 e. The van der Waals surface area contributed by atoms with Crippen molar-refractivity contribution in [2.24, 2.45) is 0 Å². The Morgan fingerprint density at radius 3 is 2.87 bits per heavy atom. The van der Waals surface area contributed by atoms with E-state index in [0.29, 0.717) is 17.7 Å². The van der Waals surface area contributed by atoms with Gasteiger partial charge in [-0.2, -0.15) is 0 Å². The van der Waals surface area contributed by atoms with Gasteiger partial charge in [0, 0.05) is 11.3 Å². The smallest absolute Gasteiger partial charge is 0.251 e. The van der Waals surface area contributed by atoms with Crippen molar-refractivity contribution in [3.05, 3.63) is 29.8 Å². The molecule has 0 aliphatic rings. The van der Waals surface area contributed by atoms with E-state index in [-0.39, 0.29) is 18.6 Å². The molecule has 1 atom stereocenters. The van der Waals surface area contributed by atoms with Crippen LogP contribution in [0.15, 0.2) is 24.3 Å². The predicted molar refractivity (Wildman–Crippen MR) is 59.5 cm³/mol. The van der Waals surface area contributed by atoms with Crippen LogP contribution in [-0.4, -0.2) is 23.7 Å². The van der Waals surface area contributed by atoms with Crippen molar-refractivity contribution in [1.29, 1.82) is 0 Å². The molecule has 82 valence electrons. The minimum Gasteiger partial charge on any atom is -0.399 e. The van der Waals surface area contributed by atoms with Gasteiger partial charge in [-0.3, -0.25) is 4.79 Å². The van der Waals surface area contributed by atoms with Gasteiger partial charge < -0.3 is 16.2 Å². The van der Waals surface area contributed by atoms with Gasteiger partial charge in [0.25, 0.3) is 5.91 Å². The lowest BCUT2D eigenvalue weighted by molar-refractivity contribution is 0.0915. The van der Waals surface area contributed by atoms with E-state index in [1.165, 1.54) is 0 Å². The number of nitrogens with one attached hydrogen (secondary N) is 1. The maximum absolute atomic E-state index is 11.6. The second-order valence-electron chi connectivity index (χ2n) is 3.39. The van der Waals surface area contributed by atoms with Gasteiger partial charge in [0.05, 0.1) is 12.6 Å². The predicted octanol–water partition coefficient (Wildman–Crippen LogP) is 0.770. The molecule has 1 unspecified atom stereocenters. The molecule has 0 aliphatic carbocycles. The first kappa shape index (κ1) is 11.5. The number of carbonyl (C=O) groups excluding carboxylic acids is 1. The third kappa shape index (κ3) is 3.25. The summed E-state index contributed by atoms with van der Waals surface area (Å²) in [6.45, 7) is 1.85. The average Bonchev–Trinajstić information content (AvgIpc) is 2.25. The first-order chi connectivity index (χ1) is 7.17. The maximum atomic E-state index is 11.6. The highest BCUT2D eigenvalue weighted by atomic mass is 16.3. The first-order valence-corrected chi connectivity index (χ1v) is 4.94. The minimum absolute atomic E-state index is 0.0510. The molecule has 1 amide bonds. The molecule has 4 nitrogen and oxygen atoms in total. The number of carbonyl (C=O) groups is 1. The molecule has 0 heterocycles. The molecule has 0 bridgehead atoms. The second kappa shape index (κ2) is 5.36. The Balaban J connectivity index is 2.68. The molecule has 0 saturated carbocycles. The Morgan fingerprint density at radius 1 is 1.60 bits per heavy atom. The van der Waals surface area contributed by atoms with E-state index in [9.17, 15) is 4.79 Å². The third-order valence-corrected chi connectivity index (χ3v) is 2.20. The number of hydrogen-bond acceptors (Lipinski definition) is 3. The molecule has 0 aromatic heterocycles. The normalized spacial score (nSPS) is 12.1. The van der Waals surface area contributed by atoms with Crippen LogP contribution in [0.25, 0.3) is 0 Å². The lowest BCUT2D eigenvalue weighted by atomic mass is 10.1. The number of amides is 1. The summed E-state index contributed by atoms with van der Waals surface area (Å²) >= 11 is 0. The highest BCUT2D eigenvalue weighted by molar-refractivity contribution is 5.95. The quantitative estimate of drug-likeness (QED) is 0.640. The summed E-state index contributed by atoms with van der Waals surface area (Å²) in [5.41, 5.74) is 6.63. The van der Waals surface area contributed by atoms with Crippen molar-refractivity contribution in [2.45, 2.75) is 19.4 Å². The summed E-state index contributed by atoms with van der Waals surface area (Å²) in [5.74, 6) is -0.205. The molecule has 0 aliphatic heterocycles. The molecule has 4 heteroatoms. The van der Waals surface area contributed by atoms with E-state index in [1.54, 1.807) is 24.3 Å². The number of nitrogen functional groups attached to an aromatic ring is 1. The van der Waals surface area contributed by atoms with Crippen LogP contribution in [0.5, 0.6) is 0 Å². The van der Waals surface area contributed by atoms with Crippen LogP contribution < -0.4 is 11.1 Å². The zero-order valence-electron chi connectivity index (χ0n) is 8.73. The summed E-state index contributed by atoms with van der Waals surface area (Å²) in [7, 11) is 0. The number of aliphatic hydroxyl groups is 1. The summed E-state index contributed by atoms with van der Waals surface area (Å²) in [6, 6.07) is 6.55. The molecule has 15 heavy (non-hydrogen) atoms. The fourth-order valence-corrected chi connectivity index (χ4v) is 1.23. The van der Waals surface area contributed by atoms with Crippen LogP contribution >= 0.6 is 0 Å². The van der Waals surface area contributed by atoms with Crippen molar-refractivity contribution in [3.8, 4) is 0 Å². The number of aliphatic hydroxyl groups excluding tert-OH is 1. The summed E-state index contributed by atoms with van der Waals surface area (Å²) in [5, 5.41) is 11.7. The lowest BCUT2D eigenvalue weighted by Gasteiger charge is -2.13. The monoisotopic (exact) mass is 208 g/mol. The van der Waals surface area contributed by atoms with Crippen molar-refractivity contribution >= 4 is 11.6 Å². The van der Waals surface area contributed by atoms with Crippen LogP contribution in [0.4, 0.5) is 5.69 Å². The third-order valence-electron chi connectivity index (χ3n) is 2.20. The lowest BCUT2D eigenvalue weighted by Crippen LogP contribution is -2.36. The number of anilines is 1. The van der Waals surface area contributed by atoms with Gasteiger partial charge in [-0.25, -0.2) is 0 Å². The van der Waals surface area contributed by atoms with Crippen LogP contribution in [0.3, 0.4) is 0 Å². The van der Waals surface area contributed by atoms with Gasteiger partial charge in [-0.15, -0.1) is 0 Å². The van der Waals surface area contributed by atoms with E-state index in [4.69, 9.17) is 10.8 Å². The Hall–Kier alpha value is -1.55. The van der Waals surface area contributed by atoms with E-state index < -0.39 is 0 Å². The van der Waals surface area contributed by atoms with Gasteiger partial charge in [0.2, 0.25) is 0 Å². The topological polar surface area (TPSA) is 75.3 Å². The van der Waals surface area contributed by atoms with Gasteiger partial charge >= 0.3 is 0 Å². The van der Waals surface area contributed by atoms with Gasteiger partial charge in [0.1, 0.15) is 0 Å². The highest BCUT2D eigenvalue weighted by Gasteiger charge is 2.10. The SMILES string of the molecule is CCC(CO)NC(=O)c1cccc(N)c1. The van der Waals surface area contributed by atoms with Crippen LogP contribution in [-0.2, 0) is 0 Å². The Labute approximate surface area is 89.1 Å². The van der Waals surface area contributed by atoms with Crippen molar-refractivity contribution < 1.29 is 9.90 Å². The molecule has 0 fully saturated rings. The number of rotatable bonds is 4. The zero-order chi connectivity index (χ0) is 11.3. The van der Waals surface area contributed by atoms with Crippen LogP contribution in [0.2, 0.25) is 0 Å². The molecule has 0 saturated heterocycles. The number of benzene rings is 1. The fraction of sp³-hybridized carbons (Fsp3) is 0.364. The molecule has 1 rings (SSSR count). The highest BCUT2D eigenvalue weighted by Crippen LogP contribution is 2.06. The van der Waals surface area contributed by atoms with E-state index >= 15 is 0 Å². The van der Waals surface area contributed by atoms with E-state index in [2.05, 4.69) is 5.32 Å². The minimum atomic E-state index is -0.205. The molecule has 4 N–H and O–H groups in total. The van der Waals surface area contributed by atoms with Crippen molar-refractivity contribution in [3.63, 3.8) is 0 Å². The molecule has 0 radical (unpaired) electrons. The summed E-state index contributed by atoms with van der Waals surface area (Å²) < 4.78 is 0. The largest absolute Gasteiger partial charge is 0.399 e. The zero-order valence-corrected chi connectivity index (χ0v) is 8.73. The second-order valence-corrected chi connectivity index (χ2v) is 3.39. The number of hydrogen-bond donors (Lipinski definition) is 3. The Kier molecular flexibility index (Phi) is 4.12. The van der Waals surface area contributed by atoms with Crippen molar-refractivity contribution in [2.75, 3.05) is 12.3 Å². The first-order valence-electron chi connectivity index (χ1n) is 4.94. The van der Waals surface area contributed by atoms with E-state index in [0.717, 1.165) is 0 Å². The van der Waals surface area contributed by atoms with Crippen LogP contribution in [0, 0.1) is 0 Å². The molecule has 0 spiro atoms. The standard InChI is InChI=1S/C11H16N2O2/c1-2-10(7-14)13-11(15)8-4-3-5-9(12)6-8/h3-6,10,14H,2,7,12H2,1H3,(H,13,15). The summed E-state index contributed by atoms with van der Waals surface area (Å²) in [4.78, 5) is 11.6. The number of nitrogens with two attached hydrogens (primary N) is 1. The Morgan fingerprint density at radius 2 is 2.33 bits per heavy atom. The van der Waals surface area contributed by atoms with Gasteiger partial charge in [0.15, 0.2) is 0 Å². The van der Waals surface area contributed by atoms with Gasteiger partial charge in [-0.1, -0.05) is 13.0 Å². The molecule has 1 aromatic carbocycles. The van der Waals surface area contributed by atoms with Crippen molar-refractivity contribution in [1.82, 2.24) is 5.32 Å². The summed E-state index contributed by atoms with van der Waals surface area (Å²) in [6.07, 6.45) is 0.699. The van der Waals surface area contributed by atoms with Crippen LogP contribution in [0.1, 0.15) is 23.7 Å². The molecule has 1 aromatic rings. The van der Waals surface area contributed by atoms with E-state index in [1.807, 2.05) is 6.92 Å². The Bertz CT molecular complexity index is 335. The fourth-order valence-electron chi connectivity index (χ4n) is 1.23. The average molecular weight is 208 g/mol. The molecular weight excluding hydrogens is 192 g/mol. The van der Waals surface area contributed by atoms with Gasteiger partial charge in [-0.05, 0) is 24.6 Å². The molecular formula is C11H16N2O2.